The van der Waals surface area contributed by atoms with Crippen LogP contribution in [0.1, 0.15) is 29.8 Å². The van der Waals surface area contributed by atoms with E-state index in [0.717, 1.165) is 35.1 Å². The van der Waals surface area contributed by atoms with E-state index < -0.39 is 0 Å². The SMILES string of the molecule is Cc1ccccc1-n1c(C)nnc1SCC(=O)NCC1(c2ccccc2)CC1. The summed E-state index contributed by atoms with van der Waals surface area (Å²) in [5, 5.41) is 12.3. The van der Waals surface area contributed by atoms with Crippen molar-refractivity contribution in [2.45, 2.75) is 37.3 Å². The summed E-state index contributed by atoms with van der Waals surface area (Å²) in [5.74, 6) is 1.18. The Morgan fingerprint density at radius 3 is 2.50 bits per heavy atom. The molecule has 1 amide bonds. The van der Waals surface area contributed by atoms with E-state index in [-0.39, 0.29) is 11.3 Å². The molecule has 4 rings (SSSR count). The lowest BCUT2D eigenvalue weighted by molar-refractivity contribution is -0.118. The number of thioether (sulfide) groups is 1. The van der Waals surface area contributed by atoms with Crippen molar-refractivity contribution in [1.29, 1.82) is 0 Å². The standard InChI is InChI=1S/C22H24N4OS/c1-16-8-6-7-11-19(16)26-17(2)24-25-21(26)28-14-20(27)23-15-22(12-13-22)18-9-4-3-5-10-18/h3-11H,12-15H2,1-2H3,(H,23,27). The summed E-state index contributed by atoms with van der Waals surface area (Å²) in [6, 6.07) is 18.6. The van der Waals surface area contributed by atoms with E-state index in [1.165, 1.54) is 17.3 Å². The second kappa shape index (κ2) is 7.80. The molecule has 1 aliphatic carbocycles. The van der Waals surface area contributed by atoms with E-state index in [0.29, 0.717) is 12.3 Å². The molecule has 1 heterocycles. The Kier molecular flexibility index (Phi) is 5.22. The summed E-state index contributed by atoms with van der Waals surface area (Å²) in [4.78, 5) is 12.5. The molecule has 3 aromatic rings. The van der Waals surface area contributed by atoms with Crippen LogP contribution in [0.3, 0.4) is 0 Å². The van der Waals surface area contributed by atoms with Gasteiger partial charge >= 0.3 is 0 Å². The van der Waals surface area contributed by atoms with E-state index in [2.05, 4.69) is 52.8 Å². The third kappa shape index (κ3) is 3.83. The maximum absolute atomic E-state index is 12.5. The molecular formula is C22H24N4OS. The zero-order valence-corrected chi connectivity index (χ0v) is 17.0. The Morgan fingerprint density at radius 1 is 1.07 bits per heavy atom. The number of rotatable bonds is 7. The van der Waals surface area contributed by atoms with E-state index in [1.54, 1.807) is 0 Å². The number of hydrogen-bond acceptors (Lipinski definition) is 4. The molecule has 5 nitrogen and oxygen atoms in total. The second-order valence-electron chi connectivity index (χ2n) is 7.36. The van der Waals surface area contributed by atoms with Gasteiger partial charge in [-0.3, -0.25) is 9.36 Å². The highest BCUT2D eigenvalue weighted by molar-refractivity contribution is 7.99. The third-order valence-corrected chi connectivity index (χ3v) is 6.28. The fraction of sp³-hybridized carbons (Fsp3) is 0.318. The molecule has 1 fully saturated rings. The first-order valence-electron chi connectivity index (χ1n) is 9.52. The van der Waals surface area contributed by atoms with Crippen LogP contribution < -0.4 is 5.32 Å². The monoisotopic (exact) mass is 392 g/mol. The molecule has 28 heavy (non-hydrogen) atoms. The van der Waals surface area contributed by atoms with Gasteiger partial charge in [0.1, 0.15) is 5.82 Å². The Labute approximate surface area is 169 Å². The molecule has 0 saturated heterocycles. The maximum Gasteiger partial charge on any atom is 0.230 e. The number of aromatic nitrogens is 3. The normalized spacial score (nSPS) is 14.6. The van der Waals surface area contributed by atoms with Crippen LogP contribution in [-0.2, 0) is 10.2 Å². The van der Waals surface area contributed by atoms with Crippen LogP contribution in [-0.4, -0.2) is 33.0 Å². The Morgan fingerprint density at radius 2 is 1.79 bits per heavy atom. The number of nitrogens with zero attached hydrogens (tertiary/aromatic N) is 3. The van der Waals surface area contributed by atoms with Crippen molar-refractivity contribution in [2.75, 3.05) is 12.3 Å². The maximum atomic E-state index is 12.5. The van der Waals surface area contributed by atoms with Crippen molar-refractivity contribution in [3.8, 4) is 5.69 Å². The van der Waals surface area contributed by atoms with Crippen LogP contribution in [0, 0.1) is 13.8 Å². The minimum absolute atomic E-state index is 0.0317. The molecule has 2 aromatic carbocycles. The van der Waals surface area contributed by atoms with Gasteiger partial charge in [-0.1, -0.05) is 60.3 Å². The fourth-order valence-electron chi connectivity index (χ4n) is 3.49. The molecule has 1 aromatic heterocycles. The van der Waals surface area contributed by atoms with Gasteiger partial charge in [0.2, 0.25) is 5.91 Å². The summed E-state index contributed by atoms with van der Waals surface area (Å²) in [6.45, 7) is 4.69. The molecule has 0 spiro atoms. The van der Waals surface area contributed by atoms with Gasteiger partial charge < -0.3 is 5.32 Å². The van der Waals surface area contributed by atoms with Crippen LogP contribution in [0.25, 0.3) is 5.69 Å². The van der Waals surface area contributed by atoms with E-state index in [9.17, 15) is 4.79 Å². The lowest BCUT2D eigenvalue weighted by atomic mass is 9.96. The predicted molar refractivity (Wildman–Crippen MR) is 112 cm³/mol. The summed E-state index contributed by atoms with van der Waals surface area (Å²) < 4.78 is 2.01. The number of amides is 1. The van der Waals surface area contributed by atoms with Crippen LogP contribution in [0.5, 0.6) is 0 Å². The smallest absolute Gasteiger partial charge is 0.230 e. The zero-order chi connectivity index (χ0) is 19.6. The highest BCUT2D eigenvalue weighted by atomic mass is 32.2. The second-order valence-corrected chi connectivity index (χ2v) is 8.31. The van der Waals surface area contributed by atoms with E-state index in [1.807, 2.05) is 35.8 Å². The average Bonchev–Trinajstić information content (AvgIpc) is 3.43. The number of para-hydroxylation sites is 1. The van der Waals surface area contributed by atoms with Gasteiger partial charge in [0.25, 0.3) is 0 Å². The van der Waals surface area contributed by atoms with E-state index in [4.69, 9.17) is 0 Å². The Balaban J connectivity index is 1.38. The topological polar surface area (TPSA) is 59.8 Å². The molecular weight excluding hydrogens is 368 g/mol. The molecule has 1 saturated carbocycles. The number of carbonyl (C=O) groups excluding carboxylic acids is 1. The lowest BCUT2D eigenvalue weighted by Crippen LogP contribution is -2.33. The molecule has 6 heteroatoms. The number of nitrogens with one attached hydrogen (secondary N) is 1. The number of hydrogen-bond donors (Lipinski definition) is 1. The van der Waals surface area contributed by atoms with Crippen LogP contribution in [0.4, 0.5) is 0 Å². The molecule has 0 unspecified atom stereocenters. The molecule has 0 bridgehead atoms. The van der Waals surface area contributed by atoms with Crippen molar-refractivity contribution >= 4 is 17.7 Å². The largest absolute Gasteiger partial charge is 0.354 e. The third-order valence-electron chi connectivity index (χ3n) is 5.35. The first-order chi connectivity index (χ1) is 13.6. The van der Waals surface area contributed by atoms with Crippen LogP contribution in [0.15, 0.2) is 59.8 Å². The average molecular weight is 393 g/mol. The lowest BCUT2D eigenvalue weighted by Gasteiger charge is -2.16. The van der Waals surface area contributed by atoms with Gasteiger partial charge in [0.15, 0.2) is 5.16 Å². The highest BCUT2D eigenvalue weighted by Gasteiger charge is 2.44. The van der Waals surface area contributed by atoms with Crippen molar-refractivity contribution in [3.05, 3.63) is 71.5 Å². The Hall–Kier alpha value is -2.60. The predicted octanol–water partition coefficient (Wildman–Crippen LogP) is 3.82. The highest BCUT2D eigenvalue weighted by Crippen LogP contribution is 2.47. The van der Waals surface area contributed by atoms with Gasteiger partial charge in [0, 0.05) is 12.0 Å². The van der Waals surface area contributed by atoms with Crippen molar-refractivity contribution in [2.24, 2.45) is 0 Å². The summed E-state index contributed by atoms with van der Waals surface area (Å²) >= 11 is 1.42. The summed E-state index contributed by atoms with van der Waals surface area (Å²) in [6.07, 6.45) is 2.26. The minimum atomic E-state index is 0.0317. The molecule has 0 atom stereocenters. The fourth-order valence-corrected chi connectivity index (χ4v) is 4.31. The Bertz CT molecular complexity index is 979. The first kappa shape index (κ1) is 18.7. The van der Waals surface area contributed by atoms with Gasteiger partial charge in [-0.05, 0) is 43.9 Å². The van der Waals surface area contributed by atoms with Gasteiger partial charge in [-0.25, -0.2) is 0 Å². The molecule has 0 aliphatic heterocycles. The molecule has 144 valence electrons. The van der Waals surface area contributed by atoms with Gasteiger partial charge in [0.05, 0.1) is 11.4 Å². The number of carbonyl (C=O) groups is 1. The zero-order valence-electron chi connectivity index (χ0n) is 16.2. The van der Waals surface area contributed by atoms with E-state index >= 15 is 0 Å². The summed E-state index contributed by atoms with van der Waals surface area (Å²) in [7, 11) is 0. The van der Waals surface area contributed by atoms with Crippen LogP contribution >= 0.6 is 11.8 Å². The first-order valence-corrected chi connectivity index (χ1v) is 10.5. The summed E-state index contributed by atoms with van der Waals surface area (Å²) in [5.41, 5.74) is 3.64. The van der Waals surface area contributed by atoms with Crippen LogP contribution in [0.2, 0.25) is 0 Å². The van der Waals surface area contributed by atoms with Crippen molar-refractivity contribution < 1.29 is 4.79 Å². The minimum Gasteiger partial charge on any atom is -0.354 e. The quantitative estimate of drug-likeness (QED) is 0.621. The molecule has 1 N–H and O–H groups in total. The van der Waals surface area contributed by atoms with Crippen molar-refractivity contribution in [1.82, 2.24) is 20.1 Å². The molecule has 0 radical (unpaired) electrons. The van der Waals surface area contributed by atoms with Gasteiger partial charge in [-0.2, -0.15) is 0 Å². The number of benzene rings is 2. The number of aryl methyl sites for hydroxylation is 2. The van der Waals surface area contributed by atoms with Gasteiger partial charge in [-0.15, -0.1) is 10.2 Å². The van der Waals surface area contributed by atoms with Crippen molar-refractivity contribution in [3.63, 3.8) is 0 Å². The molecule has 1 aliphatic rings.